The lowest BCUT2D eigenvalue weighted by Gasteiger charge is -2.35. The van der Waals surface area contributed by atoms with Gasteiger partial charge < -0.3 is 10.8 Å². The molecule has 1 heterocycles. The Labute approximate surface area is 124 Å². The smallest absolute Gasteiger partial charge is 0.347 e. The number of nitrogens with zero attached hydrogens (tertiary/aromatic N) is 1. The second kappa shape index (κ2) is 5.82. The van der Waals surface area contributed by atoms with Crippen molar-refractivity contribution in [3.63, 3.8) is 0 Å². The van der Waals surface area contributed by atoms with Crippen molar-refractivity contribution in [1.82, 2.24) is 4.98 Å². The molecule has 1 aliphatic carbocycles. The summed E-state index contributed by atoms with van der Waals surface area (Å²) < 4.78 is 0. The van der Waals surface area contributed by atoms with Gasteiger partial charge in [0.2, 0.25) is 0 Å². The molecule has 0 saturated heterocycles. The average Bonchev–Trinajstić information content (AvgIpc) is 2.85. The van der Waals surface area contributed by atoms with E-state index < -0.39 is 11.5 Å². The molecule has 1 aromatic heterocycles. The molecule has 0 radical (unpaired) electrons. The first-order valence-electron chi connectivity index (χ1n) is 7.40. The fourth-order valence-corrected chi connectivity index (χ4v) is 4.12. The monoisotopic (exact) mass is 296 g/mol. The minimum absolute atomic E-state index is 0.113. The lowest BCUT2D eigenvalue weighted by Crippen LogP contribution is -2.40. The number of hydrogen-bond acceptors (Lipinski definition) is 4. The number of aromatic carboxylic acids is 1. The number of nitrogens with two attached hydrogens (primary N) is 1. The Hall–Kier alpha value is -0.940. The molecule has 0 unspecified atom stereocenters. The minimum atomic E-state index is -0.886. The fraction of sp³-hybridized carbons (Fsp3) is 0.733. The molecule has 4 nitrogen and oxygen atoms in total. The molecule has 112 valence electrons. The summed E-state index contributed by atoms with van der Waals surface area (Å²) in [6.45, 7) is 6.17. The van der Waals surface area contributed by atoms with Gasteiger partial charge in [0, 0.05) is 0 Å². The highest BCUT2D eigenvalue weighted by molar-refractivity contribution is 7.13. The van der Waals surface area contributed by atoms with E-state index in [1.165, 1.54) is 17.8 Å². The number of thiazole rings is 1. The minimum Gasteiger partial charge on any atom is -0.477 e. The number of hydrogen-bond donors (Lipinski definition) is 2. The van der Waals surface area contributed by atoms with E-state index in [0.717, 1.165) is 36.6 Å². The third-order valence-corrected chi connectivity index (χ3v) is 5.67. The average molecular weight is 296 g/mol. The SMILES string of the molecule is CCC1CCC(N)(c2nc(C(C)C)c(C(=O)O)s2)CC1. The molecule has 1 aliphatic rings. The molecule has 3 N–H and O–H groups in total. The van der Waals surface area contributed by atoms with Crippen molar-refractivity contribution in [2.45, 2.75) is 64.3 Å². The van der Waals surface area contributed by atoms with Crippen LogP contribution in [0, 0.1) is 5.92 Å². The van der Waals surface area contributed by atoms with Gasteiger partial charge in [0.1, 0.15) is 9.88 Å². The maximum absolute atomic E-state index is 11.4. The van der Waals surface area contributed by atoms with Crippen LogP contribution >= 0.6 is 11.3 Å². The predicted molar refractivity (Wildman–Crippen MR) is 81.3 cm³/mol. The molecule has 5 heteroatoms. The van der Waals surface area contributed by atoms with Gasteiger partial charge in [-0.05, 0) is 37.5 Å². The van der Waals surface area contributed by atoms with Crippen molar-refractivity contribution >= 4 is 17.3 Å². The van der Waals surface area contributed by atoms with Gasteiger partial charge >= 0.3 is 5.97 Å². The Morgan fingerprint density at radius 3 is 2.50 bits per heavy atom. The zero-order valence-electron chi connectivity index (χ0n) is 12.5. The van der Waals surface area contributed by atoms with Crippen LogP contribution in [0.2, 0.25) is 0 Å². The van der Waals surface area contributed by atoms with Crippen LogP contribution in [0.5, 0.6) is 0 Å². The van der Waals surface area contributed by atoms with Gasteiger partial charge in [-0.3, -0.25) is 0 Å². The van der Waals surface area contributed by atoms with Crippen LogP contribution in [0.15, 0.2) is 0 Å². The van der Waals surface area contributed by atoms with E-state index in [4.69, 9.17) is 5.73 Å². The predicted octanol–water partition coefficient (Wildman–Crippen LogP) is 3.72. The third-order valence-electron chi connectivity index (χ3n) is 4.40. The zero-order chi connectivity index (χ0) is 14.9. The largest absolute Gasteiger partial charge is 0.477 e. The lowest BCUT2D eigenvalue weighted by atomic mass is 9.76. The Morgan fingerprint density at radius 1 is 1.50 bits per heavy atom. The van der Waals surface area contributed by atoms with Crippen molar-refractivity contribution in [1.29, 1.82) is 0 Å². The van der Waals surface area contributed by atoms with E-state index in [2.05, 4.69) is 11.9 Å². The highest BCUT2D eigenvalue weighted by Crippen LogP contribution is 2.41. The second-order valence-corrected chi connectivity index (χ2v) is 7.20. The molecular formula is C15H24N2O2S. The number of rotatable bonds is 4. The van der Waals surface area contributed by atoms with Crippen molar-refractivity contribution in [2.75, 3.05) is 0 Å². The van der Waals surface area contributed by atoms with Crippen LogP contribution in [0.1, 0.15) is 79.2 Å². The molecule has 0 aliphatic heterocycles. The summed E-state index contributed by atoms with van der Waals surface area (Å²) in [7, 11) is 0. The Bertz CT molecular complexity index is 488. The second-order valence-electron chi connectivity index (χ2n) is 6.20. The lowest BCUT2D eigenvalue weighted by molar-refractivity contribution is 0.0700. The van der Waals surface area contributed by atoms with E-state index in [0.29, 0.717) is 10.6 Å². The van der Waals surface area contributed by atoms with Crippen LogP contribution in [0.3, 0.4) is 0 Å². The highest BCUT2D eigenvalue weighted by atomic mass is 32.1. The molecule has 0 aromatic carbocycles. The Kier molecular flexibility index (Phi) is 4.49. The summed E-state index contributed by atoms with van der Waals surface area (Å²) >= 11 is 1.27. The maximum atomic E-state index is 11.4. The molecular weight excluding hydrogens is 272 g/mol. The summed E-state index contributed by atoms with van der Waals surface area (Å²) in [5, 5.41) is 10.1. The van der Waals surface area contributed by atoms with Crippen molar-refractivity contribution in [3.05, 3.63) is 15.6 Å². The first-order valence-corrected chi connectivity index (χ1v) is 8.22. The van der Waals surface area contributed by atoms with E-state index in [-0.39, 0.29) is 5.92 Å². The summed E-state index contributed by atoms with van der Waals surface area (Å²) in [6, 6.07) is 0. The van der Waals surface area contributed by atoms with Gasteiger partial charge in [-0.1, -0.05) is 27.2 Å². The van der Waals surface area contributed by atoms with Crippen LogP contribution < -0.4 is 5.73 Å². The van der Waals surface area contributed by atoms with E-state index in [1.54, 1.807) is 0 Å². The van der Waals surface area contributed by atoms with Gasteiger partial charge in [0.15, 0.2) is 0 Å². The fourth-order valence-electron chi connectivity index (χ4n) is 2.90. The van der Waals surface area contributed by atoms with Crippen molar-refractivity contribution < 1.29 is 9.90 Å². The number of aromatic nitrogens is 1. The standard InChI is InChI=1S/C15H24N2O2S/c1-4-10-5-7-15(16,8-6-10)14-17-11(9(2)3)12(20-14)13(18)19/h9-10H,4-8,16H2,1-3H3,(H,18,19). The summed E-state index contributed by atoms with van der Waals surface area (Å²) in [6.07, 6.45) is 5.26. The molecule has 2 rings (SSSR count). The van der Waals surface area contributed by atoms with Crippen molar-refractivity contribution in [2.24, 2.45) is 11.7 Å². The third kappa shape index (κ3) is 2.88. The molecule has 20 heavy (non-hydrogen) atoms. The molecule has 0 spiro atoms. The maximum Gasteiger partial charge on any atom is 0.347 e. The summed E-state index contributed by atoms with van der Waals surface area (Å²) in [5.41, 5.74) is 6.79. The normalized spacial score (nSPS) is 26.9. The van der Waals surface area contributed by atoms with Gasteiger partial charge in [0.25, 0.3) is 0 Å². The summed E-state index contributed by atoms with van der Waals surface area (Å²) in [5.74, 6) is -0.0138. The first-order chi connectivity index (χ1) is 9.37. The topological polar surface area (TPSA) is 76.2 Å². The van der Waals surface area contributed by atoms with E-state index in [1.807, 2.05) is 13.8 Å². The van der Waals surface area contributed by atoms with Crippen molar-refractivity contribution in [3.8, 4) is 0 Å². The number of carboxylic acids is 1. The van der Waals surface area contributed by atoms with E-state index >= 15 is 0 Å². The molecule has 1 fully saturated rings. The van der Waals surface area contributed by atoms with Gasteiger partial charge in [-0.2, -0.15) is 0 Å². The molecule has 0 atom stereocenters. The zero-order valence-corrected chi connectivity index (χ0v) is 13.3. The van der Waals surface area contributed by atoms with Gasteiger partial charge in [0.05, 0.1) is 11.2 Å². The number of carboxylic acid groups (broad SMARTS) is 1. The first kappa shape index (κ1) is 15.4. The quantitative estimate of drug-likeness (QED) is 0.887. The highest BCUT2D eigenvalue weighted by Gasteiger charge is 2.37. The van der Waals surface area contributed by atoms with Crippen LogP contribution in [-0.2, 0) is 5.54 Å². The van der Waals surface area contributed by atoms with E-state index in [9.17, 15) is 9.90 Å². The van der Waals surface area contributed by atoms with Crippen LogP contribution in [-0.4, -0.2) is 16.1 Å². The molecule has 1 saturated carbocycles. The van der Waals surface area contributed by atoms with Crippen LogP contribution in [0.25, 0.3) is 0 Å². The number of carbonyl (C=O) groups is 1. The molecule has 1 aromatic rings. The summed E-state index contributed by atoms with van der Waals surface area (Å²) in [4.78, 5) is 16.3. The molecule has 0 amide bonds. The van der Waals surface area contributed by atoms with Crippen LogP contribution in [0.4, 0.5) is 0 Å². The van der Waals surface area contributed by atoms with Gasteiger partial charge in [-0.15, -0.1) is 11.3 Å². The Balaban J connectivity index is 2.29. The van der Waals surface area contributed by atoms with Gasteiger partial charge in [-0.25, -0.2) is 9.78 Å². The molecule has 0 bridgehead atoms. The Morgan fingerprint density at radius 2 is 2.10 bits per heavy atom.